The van der Waals surface area contributed by atoms with E-state index in [1.807, 2.05) is 0 Å². The van der Waals surface area contributed by atoms with E-state index in [-0.39, 0.29) is 16.9 Å². The minimum absolute atomic E-state index is 0.0109. The molecule has 2 rings (SSSR count). The maximum Gasteiger partial charge on any atom is 0.416 e. The maximum atomic E-state index is 13.0. The fourth-order valence-corrected chi connectivity index (χ4v) is 2.35. The molecule has 8 heteroatoms. The van der Waals surface area contributed by atoms with E-state index in [0.29, 0.717) is 0 Å². The molecule has 2 amide bonds. The lowest BCUT2D eigenvalue weighted by atomic mass is 10.0. The van der Waals surface area contributed by atoms with E-state index in [9.17, 15) is 22.8 Å². The molecule has 0 saturated carbocycles. The fraction of sp³-hybridized carbons (Fsp3) is 0.250. The molecule has 0 spiro atoms. The number of hydrogen-bond acceptors (Lipinski definition) is 3. The summed E-state index contributed by atoms with van der Waals surface area (Å²) >= 11 is 0. The molecule has 0 atom stereocenters. The Morgan fingerprint density at radius 3 is 2.50 bits per heavy atom. The Morgan fingerprint density at radius 1 is 1.18 bits per heavy atom. The van der Waals surface area contributed by atoms with Crippen molar-refractivity contribution < 1.29 is 22.8 Å². The van der Waals surface area contributed by atoms with E-state index in [0.717, 1.165) is 6.07 Å². The predicted octanol–water partition coefficient (Wildman–Crippen LogP) is 3.42. The summed E-state index contributed by atoms with van der Waals surface area (Å²) in [5.74, 6) is 1.22. The van der Waals surface area contributed by atoms with E-state index >= 15 is 0 Å². The number of pyridine rings is 1. The molecule has 0 radical (unpaired) electrons. The van der Waals surface area contributed by atoms with Crippen LogP contribution in [-0.4, -0.2) is 22.3 Å². The Balaban J connectivity index is 2.12. The molecular formula is C20H18F3N3O2. The number of halogens is 3. The molecular weight excluding hydrogens is 371 g/mol. The number of carbonyl (C=O) groups is 2. The van der Waals surface area contributed by atoms with Crippen LogP contribution in [0.25, 0.3) is 0 Å². The first-order valence-corrected chi connectivity index (χ1v) is 8.23. The number of benzene rings is 1. The van der Waals surface area contributed by atoms with Gasteiger partial charge in [0.1, 0.15) is 5.69 Å². The zero-order valence-electron chi connectivity index (χ0n) is 15.2. The Bertz CT molecular complexity index is 931. The zero-order chi connectivity index (χ0) is 20.9. The summed E-state index contributed by atoms with van der Waals surface area (Å²) in [5.41, 5.74) is -1.66. The van der Waals surface area contributed by atoms with Gasteiger partial charge in [-0.25, -0.2) is 0 Å². The number of nitrogens with one attached hydrogen (secondary N) is 2. The second-order valence-corrected chi connectivity index (χ2v) is 6.53. The van der Waals surface area contributed by atoms with E-state index in [1.165, 1.54) is 36.5 Å². The van der Waals surface area contributed by atoms with E-state index in [4.69, 9.17) is 6.42 Å². The van der Waals surface area contributed by atoms with Gasteiger partial charge in [-0.1, -0.05) is 24.1 Å². The molecule has 0 bridgehead atoms. The summed E-state index contributed by atoms with van der Waals surface area (Å²) in [6.07, 6.45) is 1.60. The van der Waals surface area contributed by atoms with Crippen LogP contribution in [0, 0.1) is 12.3 Å². The SMILES string of the molecule is C#CC(C)(C)NC(=O)c1cc(NC(=O)Cc2ccccc2C(F)(F)F)ccn1. The molecule has 0 saturated heterocycles. The lowest BCUT2D eigenvalue weighted by molar-refractivity contribution is -0.138. The molecule has 146 valence electrons. The number of carbonyl (C=O) groups excluding carboxylic acids is 2. The van der Waals surface area contributed by atoms with Gasteiger partial charge in [0.2, 0.25) is 5.91 Å². The third-order valence-corrected chi connectivity index (χ3v) is 3.74. The Kier molecular flexibility index (Phi) is 6.09. The molecule has 1 heterocycles. The van der Waals surface area contributed by atoms with Crippen LogP contribution in [-0.2, 0) is 17.4 Å². The minimum Gasteiger partial charge on any atom is -0.335 e. The van der Waals surface area contributed by atoms with Crippen LogP contribution in [0.2, 0.25) is 0 Å². The van der Waals surface area contributed by atoms with Crippen LogP contribution < -0.4 is 10.6 Å². The molecule has 28 heavy (non-hydrogen) atoms. The van der Waals surface area contributed by atoms with Crippen molar-refractivity contribution in [2.75, 3.05) is 5.32 Å². The smallest absolute Gasteiger partial charge is 0.335 e. The van der Waals surface area contributed by atoms with Crippen LogP contribution in [0.15, 0.2) is 42.6 Å². The zero-order valence-corrected chi connectivity index (χ0v) is 15.2. The summed E-state index contributed by atoms with van der Waals surface area (Å²) in [5, 5.41) is 5.07. The first-order valence-electron chi connectivity index (χ1n) is 8.23. The van der Waals surface area contributed by atoms with Gasteiger partial charge in [0.25, 0.3) is 5.91 Å². The van der Waals surface area contributed by atoms with Crippen molar-refractivity contribution in [3.8, 4) is 12.3 Å². The maximum absolute atomic E-state index is 13.0. The van der Waals surface area contributed by atoms with Gasteiger partial charge < -0.3 is 10.6 Å². The number of rotatable bonds is 5. The fourth-order valence-electron chi connectivity index (χ4n) is 2.35. The summed E-state index contributed by atoms with van der Waals surface area (Å²) in [6.45, 7) is 3.27. The highest BCUT2D eigenvalue weighted by Gasteiger charge is 2.33. The Hall–Kier alpha value is -3.34. The number of aromatic nitrogens is 1. The van der Waals surface area contributed by atoms with Gasteiger partial charge in [0.15, 0.2) is 0 Å². The van der Waals surface area contributed by atoms with E-state index < -0.39 is 35.5 Å². The molecule has 2 N–H and O–H groups in total. The van der Waals surface area contributed by atoms with Crippen molar-refractivity contribution >= 4 is 17.5 Å². The number of terminal acetylenes is 1. The van der Waals surface area contributed by atoms with Gasteiger partial charge in [-0.15, -0.1) is 6.42 Å². The lowest BCUT2D eigenvalue weighted by Crippen LogP contribution is -2.42. The van der Waals surface area contributed by atoms with Crippen molar-refractivity contribution in [2.24, 2.45) is 0 Å². The quantitative estimate of drug-likeness (QED) is 0.770. The van der Waals surface area contributed by atoms with Crippen LogP contribution >= 0.6 is 0 Å². The number of alkyl halides is 3. The van der Waals surface area contributed by atoms with Crippen LogP contribution in [0.5, 0.6) is 0 Å². The molecule has 0 aliphatic heterocycles. The normalized spacial score (nSPS) is 11.4. The van der Waals surface area contributed by atoms with Gasteiger partial charge >= 0.3 is 6.18 Å². The van der Waals surface area contributed by atoms with Crippen molar-refractivity contribution in [1.29, 1.82) is 0 Å². The topological polar surface area (TPSA) is 71.1 Å². The highest BCUT2D eigenvalue weighted by Crippen LogP contribution is 2.32. The molecule has 1 aromatic carbocycles. The molecule has 0 aliphatic rings. The van der Waals surface area contributed by atoms with Gasteiger partial charge in [0, 0.05) is 11.9 Å². The first-order chi connectivity index (χ1) is 13.0. The third-order valence-electron chi connectivity index (χ3n) is 3.74. The average Bonchev–Trinajstić information content (AvgIpc) is 2.61. The van der Waals surface area contributed by atoms with Crippen LogP contribution in [0.4, 0.5) is 18.9 Å². The second-order valence-electron chi connectivity index (χ2n) is 6.53. The first kappa shape index (κ1) is 21.0. The minimum atomic E-state index is -4.55. The summed E-state index contributed by atoms with van der Waals surface area (Å²) < 4.78 is 39.1. The number of nitrogens with zero attached hydrogens (tertiary/aromatic N) is 1. The highest BCUT2D eigenvalue weighted by molar-refractivity contribution is 5.96. The van der Waals surface area contributed by atoms with Crippen LogP contribution in [0.3, 0.4) is 0 Å². The second kappa shape index (κ2) is 8.13. The molecule has 0 unspecified atom stereocenters. The largest absolute Gasteiger partial charge is 0.416 e. The van der Waals surface area contributed by atoms with Crippen molar-refractivity contribution in [1.82, 2.24) is 10.3 Å². The van der Waals surface area contributed by atoms with Crippen molar-refractivity contribution in [2.45, 2.75) is 32.0 Å². The van der Waals surface area contributed by atoms with Crippen LogP contribution in [0.1, 0.15) is 35.5 Å². The summed E-state index contributed by atoms with van der Waals surface area (Å²) in [6, 6.07) is 7.60. The molecule has 0 aliphatic carbocycles. The molecule has 0 fully saturated rings. The Morgan fingerprint density at radius 2 is 1.86 bits per heavy atom. The highest BCUT2D eigenvalue weighted by atomic mass is 19.4. The van der Waals surface area contributed by atoms with Crippen molar-refractivity contribution in [3.05, 3.63) is 59.4 Å². The molecule has 1 aromatic heterocycles. The van der Waals surface area contributed by atoms with E-state index in [2.05, 4.69) is 21.5 Å². The summed E-state index contributed by atoms with van der Waals surface area (Å²) in [4.78, 5) is 28.3. The average molecular weight is 389 g/mol. The monoisotopic (exact) mass is 389 g/mol. The number of amides is 2. The lowest BCUT2D eigenvalue weighted by Gasteiger charge is -2.19. The number of anilines is 1. The molecule has 5 nitrogen and oxygen atoms in total. The van der Waals surface area contributed by atoms with E-state index in [1.54, 1.807) is 13.8 Å². The standard InChI is InChI=1S/C20H18F3N3O2/c1-4-19(2,3)26-18(28)16-12-14(9-10-24-16)25-17(27)11-13-7-5-6-8-15(13)20(21,22)23/h1,5-10,12H,11H2,2-3H3,(H,26,28)(H,24,25,27). The van der Waals surface area contributed by atoms with Gasteiger partial charge in [-0.2, -0.15) is 13.2 Å². The predicted molar refractivity (Wildman–Crippen MR) is 98.4 cm³/mol. The summed E-state index contributed by atoms with van der Waals surface area (Å²) in [7, 11) is 0. The number of hydrogen-bond donors (Lipinski definition) is 2. The molecule has 2 aromatic rings. The third kappa shape index (κ3) is 5.58. The Labute approximate surface area is 160 Å². The van der Waals surface area contributed by atoms with Gasteiger partial charge in [-0.3, -0.25) is 14.6 Å². The van der Waals surface area contributed by atoms with Gasteiger partial charge in [0.05, 0.1) is 17.5 Å². The van der Waals surface area contributed by atoms with Crippen molar-refractivity contribution in [3.63, 3.8) is 0 Å². The van der Waals surface area contributed by atoms with Gasteiger partial charge in [-0.05, 0) is 37.6 Å².